The van der Waals surface area contributed by atoms with Crippen LogP contribution in [0.2, 0.25) is 0 Å². The largest absolute Gasteiger partial charge is 0.381 e. The van der Waals surface area contributed by atoms with Gasteiger partial charge in [-0.3, -0.25) is 4.99 Å². The summed E-state index contributed by atoms with van der Waals surface area (Å²) in [7, 11) is 0. The summed E-state index contributed by atoms with van der Waals surface area (Å²) in [5.74, 6) is 3.82. The SMILES string of the molecule is CCNC(=NCC1CCc2nnc(C)n2C1)N1CCCC2(CCCOC2)C1.I. The smallest absolute Gasteiger partial charge is 0.193 e. The fourth-order valence-corrected chi connectivity index (χ4v) is 4.94. The molecule has 0 aromatic carbocycles. The van der Waals surface area contributed by atoms with Crippen LogP contribution >= 0.6 is 24.0 Å². The van der Waals surface area contributed by atoms with Gasteiger partial charge >= 0.3 is 0 Å². The molecule has 2 atom stereocenters. The molecule has 0 saturated carbocycles. The molecular weight excluding hydrogens is 467 g/mol. The fraction of sp³-hybridized carbons (Fsp3) is 0.850. The Hall–Kier alpha value is -0.900. The number of aliphatic imine (C=N–C) groups is 1. The number of fused-ring (bicyclic) bond motifs is 1. The number of ether oxygens (including phenoxy) is 1. The van der Waals surface area contributed by atoms with Gasteiger partial charge in [-0.2, -0.15) is 0 Å². The van der Waals surface area contributed by atoms with E-state index in [0.717, 1.165) is 76.4 Å². The zero-order valence-corrected chi connectivity index (χ0v) is 19.7. The first-order chi connectivity index (χ1) is 13.2. The number of nitrogens with one attached hydrogen (secondary N) is 1. The number of halogens is 1. The van der Waals surface area contributed by atoms with E-state index in [-0.39, 0.29) is 24.0 Å². The number of aromatic nitrogens is 3. The summed E-state index contributed by atoms with van der Waals surface area (Å²) in [6, 6.07) is 0. The molecule has 1 spiro atoms. The normalized spacial score (nSPS) is 28.0. The van der Waals surface area contributed by atoms with Crippen LogP contribution in [0, 0.1) is 18.3 Å². The molecule has 1 aromatic rings. The van der Waals surface area contributed by atoms with Crippen molar-refractivity contribution < 1.29 is 4.74 Å². The van der Waals surface area contributed by atoms with E-state index in [9.17, 15) is 0 Å². The number of aryl methyl sites for hydroxylation is 2. The van der Waals surface area contributed by atoms with Crippen LogP contribution in [-0.2, 0) is 17.7 Å². The first-order valence-electron chi connectivity index (χ1n) is 10.7. The number of likely N-dealkylation sites (tertiary alicyclic amines) is 1. The molecule has 28 heavy (non-hydrogen) atoms. The van der Waals surface area contributed by atoms with Crippen molar-refractivity contribution in [1.29, 1.82) is 0 Å². The molecule has 2 fully saturated rings. The minimum Gasteiger partial charge on any atom is -0.381 e. The predicted octanol–water partition coefficient (Wildman–Crippen LogP) is 2.63. The molecule has 0 bridgehead atoms. The van der Waals surface area contributed by atoms with Crippen molar-refractivity contribution in [2.24, 2.45) is 16.3 Å². The molecule has 3 aliphatic rings. The molecule has 7 nitrogen and oxygen atoms in total. The van der Waals surface area contributed by atoms with Crippen molar-refractivity contribution in [3.8, 4) is 0 Å². The Morgan fingerprint density at radius 3 is 2.96 bits per heavy atom. The van der Waals surface area contributed by atoms with Gasteiger partial charge in [-0.05, 0) is 51.9 Å². The maximum absolute atomic E-state index is 5.84. The Morgan fingerprint density at radius 1 is 1.32 bits per heavy atom. The van der Waals surface area contributed by atoms with Gasteiger partial charge in [0.15, 0.2) is 5.96 Å². The lowest BCUT2D eigenvalue weighted by Crippen LogP contribution is -2.53. The lowest BCUT2D eigenvalue weighted by atomic mass is 9.76. The number of guanidine groups is 1. The van der Waals surface area contributed by atoms with Crippen molar-refractivity contribution in [2.45, 2.75) is 58.9 Å². The van der Waals surface area contributed by atoms with Gasteiger partial charge in [-0.15, -0.1) is 34.2 Å². The van der Waals surface area contributed by atoms with E-state index in [0.29, 0.717) is 11.3 Å². The van der Waals surface area contributed by atoms with Gasteiger partial charge in [0.2, 0.25) is 0 Å². The van der Waals surface area contributed by atoms with Crippen LogP contribution in [0.15, 0.2) is 4.99 Å². The van der Waals surface area contributed by atoms with Crippen LogP contribution in [0.4, 0.5) is 0 Å². The van der Waals surface area contributed by atoms with E-state index < -0.39 is 0 Å². The first-order valence-corrected chi connectivity index (χ1v) is 10.7. The highest BCUT2D eigenvalue weighted by Crippen LogP contribution is 2.37. The molecule has 1 aromatic heterocycles. The van der Waals surface area contributed by atoms with Crippen molar-refractivity contribution in [3.63, 3.8) is 0 Å². The number of rotatable bonds is 3. The molecule has 2 unspecified atom stereocenters. The Kier molecular flexibility index (Phi) is 7.58. The Balaban J connectivity index is 0.00000225. The van der Waals surface area contributed by atoms with Crippen molar-refractivity contribution in [2.75, 3.05) is 39.4 Å². The van der Waals surface area contributed by atoms with Gasteiger partial charge in [0.05, 0.1) is 6.61 Å². The summed E-state index contributed by atoms with van der Waals surface area (Å²) in [6.07, 6.45) is 7.19. The highest BCUT2D eigenvalue weighted by molar-refractivity contribution is 14.0. The summed E-state index contributed by atoms with van der Waals surface area (Å²) in [5, 5.41) is 12.0. The van der Waals surface area contributed by atoms with Gasteiger partial charge in [0.25, 0.3) is 0 Å². The second-order valence-electron chi connectivity index (χ2n) is 8.55. The van der Waals surface area contributed by atoms with Crippen molar-refractivity contribution >= 4 is 29.9 Å². The molecule has 4 heterocycles. The lowest BCUT2D eigenvalue weighted by Gasteiger charge is -2.45. The lowest BCUT2D eigenvalue weighted by molar-refractivity contribution is -0.0370. The first kappa shape index (κ1) is 21.8. The second kappa shape index (κ2) is 9.73. The maximum Gasteiger partial charge on any atom is 0.193 e. The number of nitrogens with zero attached hydrogens (tertiary/aromatic N) is 5. The van der Waals surface area contributed by atoms with E-state index in [2.05, 4.69) is 31.9 Å². The second-order valence-corrected chi connectivity index (χ2v) is 8.55. The van der Waals surface area contributed by atoms with E-state index in [1.54, 1.807) is 0 Å². The molecule has 4 rings (SSSR count). The van der Waals surface area contributed by atoms with Gasteiger partial charge in [-0.1, -0.05) is 0 Å². The highest BCUT2D eigenvalue weighted by atomic mass is 127. The Bertz CT molecular complexity index is 664. The van der Waals surface area contributed by atoms with E-state index in [1.165, 1.54) is 25.7 Å². The molecule has 2 saturated heterocycles. The standard InChI is InChI=1S/C20H34N6O.HI/c1-3-21-19(25-10-4-8-20(14-25)9-5-11-27-15-20)22-12-17-6-7-18-24-23-16(2)26(18)13-17;/h17H,3-15H2,1-2H3,(H,21,22);1H. The number of piperidine rings is 1. The quantitative estimate of drug-likeness (QED) is 0.391. The molecule has 1 N–H and O–H groups in total. The predicted molar refractivity (Wildman–Crippen MR) is 121 cm³/mol. The monoisotopic (exact) mass is 502 g/mol. The Morgan fingerprint density at radius 2 is 2.18 bits per heavy atom. The highest BCUT2D eigenvalue weighted by Gasteiger charge is 2.38. The summed E-state index contributed by atoms with van der Waals surface area (Å²) in [5.41, 5.74) is 0.339. The van der Waals surface area contributed by atoms with Gasteiger partial charge in [0, 0.05) is 51.2 Å². The average Bonchev–Trinajstić information content (AvgIpc) is 3.06. The van der Waals surface area contributed by atoms with Crippen LogP contribution in [0.1, 0.15) is 50.7 Å². The fourth-order valence-electron chi connectivity index (χ4n) is 4.94. The van der Waals surface area contributed by atoms with Crippen LogP contribution < -0.4 is 5.32 Å². The van der Waals surface area contributed by atoms with Crippen LogP contribution in [0.25, 0.3) is 0 Å². The third-order valence-corrected chi connectivity index (χ3v) is 6.43. The van der Waals surface area contributed by atoms with Crippen LogP contribution in [-0.4, -0.2) is 65.0 Å². The molecule has 0 amide bonds. The third kappa shape index (κ3) is 4.80. The van der Waals surface area contributed by atoms with E-state index in [4.69, 9.17) is 9.73 Å². The van der Waals surface area contributed by atoms with Crippen LogP contribution in [0.3, 0.4) is 0 Å². The molecule has 8 heteroatoms. The van der Waals surface area contributed by atoms with Crippen molar-refractivity contribution in [3.05, 3.63) is 11.6 Å². The third-order valence-electron chi connectivity index (χ3n) is 6.43. The zero-order valence-electron chi connectivity index (χ0n) is 17.3. The van der Waals surface area contributed by atoms with Gasteiger partial charge in [-0.25, -0.2) is 0 Å². The molecule has 3 aliphatic heterocycles. The number of hydrogen-bond donors (Lipinski definition) is 1. The summed E-state index contributed by atoms with van der Waals surface area (Å²) in [6.45, 7) is 11.0. The Labute approximate surface area is 185 Å². The topological polar surface area (TPSA) is 67.6 Å². The molecule has 0 radical (unpaired) electrons. The van der Waals surface area contributed by atoms with Gasteiger partial charge in [0.1, 0.15) is 11.6 Å². The van der Waals surface area contributed by atoms with Gasteiger partial charge < -0.3 is 19.5 Å². The van der Waals surface area contributed by atoms with E-state index >= 15 is 0 Å². The van der Waals surface area contributed by atoms with Crippen molar-refractivity contribution in [1.82, 2.24) is 25.0 Å². The minimum atomic E-state index is 0. The van der Waals surface area contributed by atoms with E-state index in [1.807, 2.05) is 6.92 Å². The maximum atomic E-state index is 5.84. The molecule has 158 valence electrons. The molecule has 0 aliphatic carbocycles. The minimum absolute atomic E-state index is 0. The average molecular weight is 502 g/mol. The summed E-state index contributed by atoms with van der Waals surface area (Å²) >= 11 is 0. The number of hydrogen-bond acceptors (Lipinski definition) is 4. The summed E-state index contributed by atoms with van der Waals surface area (Å²) in [4.78, 5) is 7.55. The van der Waals surface area contributed by atoms with Crippen LogP contribution in [0.5, 0.6) is 0 Å². The zero-order chi connectivity index (χ0) is 18.7. The summed E-state index contributed by atoms with van der Waals surface area (Å²) < 4.78 is 8.11. The molecular formula is C20H35IN6O.